The molecule has 0 amide bonds. The number of ether oxygens (including phenoxy) is 4. The molecule has 1 aliphatic rings. The maximum Gasteiger partial charge on any atom is 0.338 e. The first-order valence-electron chi connectivity index (χ1n) is 14.9. The van der Waals surface area contributed by atoms with Crippen LogP contribution < -0.4 is 29.1 Å². The van der Waals surface area contributed by atoms with Crippen molar-refractivity contribution in [3.8, 4) is 17.2 Å². The molecule has 0 radical (unpaired) electrons. The maximum absolute atomic E-state index is 14.3. The summed E-state index contributed by atoms with van der Waals surface area (Å²) in [5.41, 5.74) is 3.69. The number of rotatable bonds is 10. The van der Waals surface area contributed by atoms with Crippen LogP contribution in [-0.2, 0) is 16.1 Å². The topological polar surface area (TPSA) is 88.4 Å². The maximum atomic E-state index is 14.3. The lowest BCUT2D eigenvalue weighted by molar-refractivity contribution is -0.138. The molecule has 0 bridgehead atoms. The largest absolute Gasteiger partial charge is 0.497 e. The molecule has 238 valence electrons. The molecule has 0 aliphatic carbocycles. The van der Waals surface area contributed by atoms with Crippen LogP contribution >= 0.6 is 33.9 Å². The Bertz CT molecular complexity index is 2140. The van der Waals surface area contributed by atoms with Crippen LogP contribution in [0.15, 0.2) is 112 Å². The number of methoxy groups -OCH3 is 2. The molecule has 1 atom stereocenters. The van der Waals surface area contributed by atoms with Crippen molar-refractivity contribution in [1.82, 2.24) is 4.57 Å². The summed E-state index contributed by atoms with van der Waals surface area (Å²) in [7, 11) is 3.17. The molecule has 2 heterocycles. The van der Waals surface area contributed by atoms with E-state index in [1.807, 2.05) is 103 Å². The van der Waals surface area contributed by atoms with Crippen molar-refractivity contribution in [1.29, 1.82) is 0 Å². The molecule has 5 aromatic rings. The average molecular weight is 759 g/mol. The van der Waals surface area contributed by atoms with E-state index >= 15 is 0 Å². The van der Waals surface area contributed by atoms with Crippen molar-refractivity contribution in [2.24, 2.45) is 4.99 Å². The molecular weight excluding hydrogens is 727 g/mol. The molecule has 0 saturated heterocycles. The van der Waals surface area contributed by atoms with Crippen LogP contribution in [0.2, 0.25) is 0 Å². The van der Waals surface area contributed by atoms with Crippen LogP contribution in [-0.4, -0.2) is 31.4 Å². The SMILES string of the molecule is CCOC(=O)C1=C(c2ccccc2)N=c2s/c(=C\c3cc(I)c(OCc4ccccc4)c(OC)c3)c(=O)n2[C@@H]1c1cccc(OC)c1. The van der Waals surface area contributed by atoms with Crippen LogP contribution in [0.3, 0.4) is 0 Å². The number of carbonyl (C=O) groups excluding carboxylic acids is 1. The Balaban J connectivity index is 1.51. The zero-order valence-corrected chi connectivity index (χ0v) is 28.9. The van der Waals surface area contributed by atoms with Gasteiger partial charge in [-0.2, -0.15) is 0 Å². The Morgan fingerprint density at radius 2 is 1.70 bits per heavy atom. The van der Waals surface area contributed by atoms with Gasteiger partial charge in [-0.05, 0) is 76.5 Å². The summed E-state index contributed by atoms with van der Waals surface area (Å²) in [6.07, 6.45) is 1.81. The Morgan fingerprint density at radius 3 is 2.40 bits per heavy atom. The Morgan fingerprint density at radius 1 is 0.957 bits per heavy atom. The van der Waals surface area contributed by atoms with Gasteiger partial charge < -0.3 is 18.9 Å². The van der Waals surface area contributed by atoms with Crippen LogP contribution in [0.5, 0.6) is 17.2 Å². The third kappa shape index (κ3) is 6.75. The normalized spacial score (nSPS) is 14.3. The molecule has 0 N–H and O–H groups in total. The van der Waals surface area contributed by atoms with E-state index in [0.29, 0.717) is 44.4 Å². The number of hydrogen-bond acceptors (Lipinski definition) is 8. The molecular formula is C37H31IN2O6S. The summed E-state index contributed by atoms with van der Waals surface area (Å²) in [4.78, 5) is 33.4. The molecule has 1 aliphatic heterocycles. The van der Waals surface area contributed by atoms with Gasteiger partial charge in [0.15, 0.2) is 16.3 Å². The predicted octanol–water partition coefficient (Wildman–Crippen LogP) is 6.14. The minimum absolute atomic E-state index is 0.172. The molecule has 0 unspecified atom stereocenters. The van der Waals surface area contributed by atoms with E-state index in [9.17, 15) is 9.59 Å². The summed E-state index contributed by atoms with van der Waals surface area (Å²) in [5, 5.41) is 0. The second kappa shape index (κ2) is 14.4. The number of fused-ring (bicyclic) bond motifs is 1. The number of esters is 1. The molecule has 0 spiro atoms. The molecule has 47 heavy (non-hydrogen) atoms. The van der Waals surface area contributed by atoms with E-state index in [2.05, 4.69) is 22.6 Å². The average Bonchev–Trinajstić information content (AvgIpc) is 3.41. The minimum atomic E-state index is -0.804. The Kier molecular flexibility index (Phi) is 9.88. The number of nitrogens with zero attached hydrogens (tertiary/aromatic N) is 2. The lowest BCUT2D eigenvalue weighted by Crippen LogP contribution is -2.40. The van der Waals surface area contributed by atoms with Gasteiger partial charge in [-0.3, -0.25) is 9.36 Å². The summed E-state index contributed by atoms with van der Waals surface area (Å²) in [6.45, 7) is 2.32. The van der Waals surface area contributed by atoms with Crippen molar-refractivity contribution in [2.45, 2.75) is 19.6 Å². The molecule has 0 saturated carbocycles. The molecule has 8 nitrogen and oxygen atoms in total. The second-order valence-electron chi connectivity index (χ2n) is 10.5. The zero-order valence-electron chi connectivity index (χ0n) is 25.9. The van der Waals surface area contributed by atoms with E-state index in [-0.39, 0.29) is 17.7 Å². The Labute approximate surface area is 289 Å². The van der Waals surface area contributed by atoms with E-state index in [0.717, 1.165) is 20.3 Å². The molecule has 1 aromatic heterocycles. The number of aromatic nitrogens is 1. The molecule has 4 aromatic carbocycles. The highest BCUT2D eigenvalue weighted by Gasteiger charge is 2.35. The van der Waals surface area contributed by atoms with Crippen LogP contribution in [0.25, 0.3) is 11.8 Å². The van der Waals surface area contributed by atoms with E-state index < -0.39 is 12.0 Å². The zero-order chi connectivity index (χ0) is 32.9. The van der Waals surface area contributed by atoms with E-state index in [1.165, 1.54) is 11.3 Å². The van der Waals surface area contributed by atoms with Gasteiger partial charge in [-0.15, -0.1) is 0 Å². The second-order valence-corrected chi connectivity index (χ2v) is 12.7. The van der Waals surface area contributed by atoms with Crippen LogP contribution in [0.1, 0.15) is 35.2 Å². The summed E-state index contributed by atoms with van der Waals surface area (Å²) in [5.74, 6) is 1.24. The predicted molar refractivity (Wildman–Crippen MR) is 191 cm³/mol. The van der Waals surface area contributed by atoms with Gasteiger partial charge in [0, 0.05) is 5.56 Å². The van der Waals surface area contributed by atoms with Gasteiger partial charge in [0.25, 0.3) is 5.56 Å². The molecule has 10 heteroatoms. The fraction of sp³-hybridized carbons (Fsp3) is 0.162. The van der Waals surface area contributed by atoms with Gasteiger partial charge in [0.1, 0.15) is 12.4 Å². The fourth-order valence-corrected chi connectivity index (χ4v) is 7.19. The highest BCUT2D eigenvalue weighted by molar-refractivity contribution is 14.1. The Hall–Kier alpha value is -4.68. The smallest absolute Gasteiger partial charge is 0.338 e. The monoisotopic (exact) mass is 758 g/mol. The number of hydrogen-bond donors (Lipinski definition) is 0. The first-order valence-corrected chi connectivity index (χ1v) is 16.8. The lowest BCUT2D eigenvalue weighted by Gasteiger charge is -2.26. The van der Waals surface area contributed by atoms with Crippen molar-refractivity contribution in [2.75, 3.05) is 20.8 Å². The van der Waals surface area contributed by atoms with Crippen molar-refractivity contribution < 1.29 is 23.7 Å². The van der Waals surface area contributed by atoms with Crippen molar-refractivity contribution in [3.05, 3.63) is 148 Å². The van der Waals surface area contributed by atoms with Crippen LogP contribution in [0, 0.1) is 3.57 Å². The number of benzene rings is 4. The number of halogens is 1. The number of thiazole rings is 1. The standard InChI is InChI=1S/C37H31IN2O6S/c1-4-45-36(42)31-32(25-14-9-6-10-15-25)39-37-40(33(31)26-16-11-17-27(21-26)43-2)35(41)30(47-37)20-24-18-28(38)34(29(19-24)44-3)46-22-23-12-7-5-8-13-23/h5-21,33H,4,22H2,1-3H3/b30-20-/t33-/m1/s1. The van der Waals surface area contributed by atoms with Gasteiger partial charge in [-0.1, -0.05) is 84.1 Å². The quantitative estimate of drug-likeness (QED) is 0.126. The van der Waals surface area contributed by atoms with Gasteiger partial charge >= 0.3 is 5.97 Å². The summed E-state index contributed by atoms with van der Waals surface area (Å²) >= 11 is 3.47. The lowest BCUT2D eigenvalue weighted by atomic mass is 9.93. The molecule has 0 fully saturated rings. The van der Waals surface area contributed by atoms with Gasteiger partial charge in [0.05, 0.1) is 46.2 Å². The van der Waals surface area contributed by atoms with Crippen molar-refractivity contribution >= 4 is 51.7 Å². The van der Waals surface area contributed by atoms with Gasteiger partial charge in [0.2, 0.25) is 0 Å². The number of carbonyl (C=O) groups is 1. The van der Waals surface area contributed by atoms with E-state index in [1.54, 1.807) is 25.7 Å². The first-order chi connectivity index (χ1) is 22.9. The molecule has 6 rings (SSSR count). The fourth-order valence-electron chi connectivity index (χ4n) is 5.41. The minimum Gasteiger partial charge on any atom is -0.497 e. The van der Waals surface area contributed by atoms with Crippen LogP contribution in [0.4, 0.5) is 0 Å². The summed E-state index contributed by atoms with van der Waals surface area (Å²) in [6, 6.07) is 29.7. The third-order valence-electron chi connectivity index (χ3n) is 7.56. The van der Waals surface area contributed by atoms with Crippen molar-refractivity contribution in [3.63, 3.8) is 0 Å². The highest BCUT2D eigenvalue weighted by Crippen LogP contribution is 2.37. The third-order valence-corrected chi connectivity index (χ3v) is 9.34. The van der Waals surface area contributed by atoms with E-state index in [4.69, 9.17) is 23.9 Å². The first kappa shape index (κ1) is 32.3. The summed E-state index contributed by atoms with van der Waals surface area (Å²) < 4.78 is 25.8. The van der Waals surface area contributed by atoms with Gasteiger partial charge in [-0.25, -0.2) is 9.79 Å². The highest BCUT2D eigenvalue weighted by atomic mass is 127.